The van der Waals surface area contributed by atoms with Crippen molar-refractivity contribution in [2.75, 3.05) is 11.9 Å². The molecule has 1 N–H and O–H groups in total. The number of anilines is 1. The van der Waals surface area contributed by atoms with Gasteiger partial charge in [-0.15, -0.1) is 0 Å². The van der Waals surface area contributed by atoms with Gasteiger partial charge in [0, 0.05) is 25.3 Å². The molecule has 2 heterocycles. The van der Waals surface area contributed by atoms with Crippen molar-refractivity contribution in [3.8, 4) is 0 Å². The third-order valence-electron chi connectivity index (χ3n) is 5.64. The molecule has 0 unspecified atom stereocenters. The van der Waals surface area contributed by atoms with Gasteiger partial charge in [0.2, 0.25) is 10.0 Å². The van der Waals surface area contributed by atoms with Gasteiger partial charge in [-0.05, 0) is 62.3 Å². The fraction of sp³-hybridized carbons (Fsp3) is 0.542. The summed E-state index contributed by atoms with van der Waals surface area (Å²) in [7, 11) is -3.66. The van der Waals surface area contributed by atoms with E-state index in [1.165, 1.54) is 0 Å². The van der Waals surface area contributed by atoms with Crippen molar-refractivity contribution < 1.29 is 13.2 Å². The van der Waals surface area contributed by atoms with E-state index in [0.29, 0.717) is 25.5 Å². The Labute approximate surface area is 187 Å². The molecule has 6 nitrogen and oxygen atoms in total. The zero-order chi connectivity index (χ0) is 22.8. The number of nitrogens with zero attached hydrogens (tertiary/aromatic N) is 2. The zero-order valence-electron chi connectivity index (χ0n) is 19.5. The molecule has 0 amide bonds. The van der Waals surface area contributed by atoms with Crippen molar-refractivity contribution in [3.63, 3.8) is 0 Å². The largest absolute Gasteiger partial charge is 0.374 e. The maximum absolute atomic E-state index is 13.6. The molecule has 0 radical (unpaired) electrons. The predicted molar refractivity (Wildman–Crippen MR) is 124 cm³/mol. The van der Waals surface area contributed by atoms with Gasteiger partial charge in [0.05, 0.1) is 12.7 Å². The number of nitrogens with one attached hydrogen (secondary N) is 1. The van der Waals surface area contributed by atoms with Gasteiger partial charge in [-0.1, -0.05) is 38.1 Å². The standard InChI is InChI=1S/C24H35N3O3S/c1-17(2)30-15-21-10-8-7-9-20(21)14-26-23-22(11-18(3)13-25-23)31(28,29)27-16-24(5,6)12-19(27)4/h7-11,13,17,19H,12,14-16H2,1-6H3,(H,25,26)/t19-/m1/s1. The Morgan fingerprint density at radius 2 is 1.94 bits per heavy atom. The third kappa shape index (κ3) is 5.64. The van der Waals surface area contributed by atoms with Crippen molar-refractivity contribution >= 4 is 15.8 Å². The lowest BCUT2D eigenvalue weighted by Crippen LogP contribution is -2.35. The molecule has 1 aromatic heterocycles. The van der Waals surface area contributed by atoms with Crippen LogP contribution in [-0.2, 0) is 27.9 Å². The Morgan fingerprint density at radius 1 is 1.26 bits per heavy atom. The first-order valence-electron chi connectivity index (χ1n) is 10.9. The molecule has 1 aromatic carbocycles. The molecule has 0 aliphatic carbocycles. The second-order valence-electron chi connectivity index (χ2n) is 9.61. The summed E-state index contributed by atoms with van der Waals surface area (Å²) >= 11 is 0. The van der Waals surface area contributed by atoms with Crippen LogP contribution >= 0.6 is 0 Å². The quantitative estimate of drug-likeness (QED) is 0.636. The first-order valence-corrected chi connectivity index (χ1v) is 12.3. The van der Waals surface area contributed by atoms with Crippen LogP contribution in [0.3, 0.4) is 0 Å². The van der Waals surface area contributed by atoms with Crippen LogP contribution in [0.5, 0.6) is 0 Å². The molecule has 1 fully saturated rings. The second-order valence-corrected chi connectivity index (χ2v) is 11.5. The van der Waals surface area contributed by atoms with Gasteiger partial charge < -0.3 is 10.1 Å². The summed E-state index contributed by atoms with van der Waals surface area (Å²) in [6, 6.07) is 9.70. The van der Waals surface area contributed by atoms with Gasteiger partial charge in [-0.3, -0.25) is 0 Å². The highest BCUT2D eigenvalue weighted by molar-refractivity contribution is 7.89. The Balaban J connectivity index is 1.87. The van der Waals surface area contributed by atoms with E-state index in [9.17, 15) is 8.42 Å². The van der Waals surface area contributed by atoms with Gasteiger partial charge >= 0.3 is 0 Å². The van der Waals surface area contributed by atoms with Crippen molar-refractivity contribution in [2.24, 2.45) is 5.41 Å². The summed E-state index contributed by atoms with van der Waals surface area (Å²) in [5.41, 5.74) is 2.92. The minimum Gasteiger partial charge on any atom is -0.374 e. The molecule has 31 heavy (non-hydrogen) atoms. The van der Waals surface area contributed by atoms with Crippen LogP contribution in [0.25, 0.3) is 0 Å². The van der Waals surface area contributed by atoms with E-state index in [-0.39, 0.29) is 22.5 Å². The molecule has 2 aromatic rings. The highest BCUT2D eigenvalue weighted by Gasteiger charge is 2.42. The predicted octanol–water partition coefficient (Wildman–Crippen LogP) is 4.74. The Hall–Kier alpha value is -1.96. The number of rotatable bonds is 8. The molecule has 0 spiro atoms. The van der Waals surface area contributed by atoms with Crippen LogP contribution in [-0.4, -0.2) is 36.4 Å². The molecule has 3 rings (SSSR count). The molecule has 0 saturated carbocycles. The van der Waals surface area contributed by atoms with Crippen LogP contribution in [0.2, 0.25) is 0 Å². The molecular weight excluding hydrogens is 410 g/mol. The maximum Gasteiger partial charge on any atom is 0.247 e. The first-order chi connectivity index (χ1) is 14.5. The number of hydrogen-bond donors (Lipinski definition) is 1. The zero-order valence-corrected chi connectivity index (χ0v) is 20.3. The summed E-state index contributed by atoms with van der Waals surface area (Å²) in [6.07, 6.45) is 2.69. The third-order valence-corrected chi connectivity index (χ3v) is 7.61. The lowest BCUT2D eigenvalue weighted by atomic mass is 9.91. The molecule has 1 aliphatic rings. The number of benzene rings is 1. The van der Waals surface area contributed by atoms with Crippen LogP contribution in [0.1, 0.15) is 57.7 Å². The van der Waals surface area contributed by atoms with Crippen molar-refractivity contribution in [2.45, 2.75) is 78.2 Å². The minimum atomic E-state index is -3.66. The van der Waals surface area contributed by atoms with E-state index in [1.807, 2.05) is 52.0 Å². The summed E-state index contributed by atoms with van der Waals surface area (Å²) in [4.78, 5) is 4.69. The first kappa shape index (κ1) is 23.7. The highest BCUT2D eigenvalue weighted by Crippen LogP contribution is 2.38. The van der Waals surface area contributed by atoms with Crippen molar-refractivity contribution in [1.29, 1.82) is 0 Å². The van der Waals surface area contributed by atoms with E-state index in [2.05, 4.69) is 24.1 Å². The smallest absolute Gasteiger partial charge is 0.247 e. The van der Waals surface area contributed by atoms with Gasteiger partial charge in [0.15, 0.2) is 0 Å². The Morgan fingerprint density at radius 3 is 2.55 bits per heavy atom. The molecule has 7 heteroatoms. The summed E-state index contributed by atoms with van der Waals surface area (Å²) in [5, 5.41) is 3.28. The lowest BCUT2D eigenvalue weighted by molar-refractivity contribution is 0.0653. The molecule has 0 bridgehead atoms. The Bertz CT molecular complexity index is 1020. The van der Waals surface area contributed by atoms with E-state index < -0.39 is 10.0 Å². The Kier molecular flexibility index (Phi) is 7.08. The minimum absolute atomic E-state index is 0.0350. The fourth-order valence-corrected chi connectivity index (χ4v) is 6.19. The van der Waals surface area contributed by atoms with E-state index in [4.69, 9.17) is 4.74 Å². The van der Waals surface area contributed by atoms with Crippen LogP contribution in [0.4, 0.5) is 5.82 Å². The van der Waals surface area contributed by atoms with Crippen LogP contribution in [0.15, 0.2) is 41.4 Å². The molecule has 1 atom stereocenters. The van der Waals surface area contributed by atoms with Gasteiger partial charge in [0.1, 0.15) is 10.7 Å². The normalized spacial score (nSPS) is 19.1. The summed E-state index contributed by atoms with van der Waals surface area (Å²) in [6.45, 7) is 13.6. The number of ether oxygens (including phenoxy) is 1. The number of aromatic nitrogens is 1. The number of pyridine rings is 1. The summed E-state index contributed by atoms with van der Waals surface area (Å²) in [5.74, 6) is 0.391. The fourth-order valence-electron chi connectivity index (χ4n) is 4.17. The number of sulfonamides is 1. The summed E-state index contributed by atoms with van der Waals surface area (Å²) < 4.78 is 34.6. The second kappa shape index (κ2) is 9.27. The van der Waals surface area contributed by atoms with E-state index in [1.54, 1.807) is 16.6 Å². The van der Waals surface area contributed by atoms with Gasteiger partial charge in [0.25, 0.3) is 0 Å². The molecule has 170 valence electrons. The number of hydrogen-bond acceptors (Lipinski definition) is 5. The van der Waals surface area contributed by atoms with Crippen molar-refractivity contribution in [3.05, 3.63) is 53.2 Å². The molecular formula is C24H35N3O3S. The number of aryl methyl sites for hydroxylation is 1. The van der Waals surface area contributed by atoms with E-state index in [0.717, 1.165) is 23.1 Å². The van der Waals surface area contributed by atoms with Crippen LogP contribution in [0, 0.1) is 12.3 Å². The highest BCUT2D eigenvalue weighted by atomic mass is 32.2. The van der Waals surface area contributed by atoms with Crippen molar-refractivity contribution in [1.82, 2.24) is 9.29 Å². The lowest BCUT2D eigenvalue weighted by Gasteiger charge is -2.23. The van der Waals surface area contributed by atoms with Crippen LogP contribution < -0.4 is 5.32 Å². The van der Waals surface area contributed by atoms with Gasteiger partial charge in [-0.25, -0.2) is 13.4 Å². The SMILES string of the molecule is Cc1cnc(NCc2ccccc2COC(C)C)c(S(=O)(=O)N2CC(C)(C)C[C@H]2C)c1. The van der Waals surface area contributed by atoms with E-state index >= 15 is 0 Å². The molecule has 1 aliphatic heterocycles. The average molecular weight is 446 g/mol. The monoisotopic (exact) mass is 445 g/mol. The van der Waals surface area contributed by atoms with Gasteiger partial charge in [-0.2, -0.15) is 4.31 Å². The maximum atomic E-state index is 13.6. The topological polar surface area (TPSA) is 71.5 Å². The molecule has 1 saturated heterocycles. The average Bonchev–Trinajstić information content (AvgIpc) is 2.99.